The maximum atomic E-state index is 5.90. The van der Waals surface area contributed by atoms with Gasteiger partial charge in [-0.05, 0) is 37.3 Å². The lowest BCUT2D eigenvalue weighted by Gasteiger charge is -2.10. The van der Waals surface area contributed by atoms with Crippen molar-refractivity contribution in [1.29, 1.82) is 0 Å². The highest BCUT2D eigenvalue weighted by atomic mass is 16.5. The van der Waals surface area contributed by atoms with Crippen LogP contribution in [0.1, 0.15) is 51.8 Å². The molecule has 0 saturated carbocycles. The summed E-state index contributed by atoms with van der Waals surface area (Å²) in [5, 5.41) is 0. The molecule has 0 aliphatic carbocycles. The van der Waals surface area contributed by atoms with E-state index in [0.717, 1.165) is 36.8 Å². The fourth-order valence-electron chi connectivity index (χ4n) is 1.59. The Morgan fingerprint density at radius 1 is 1.35 bits per heavy atom. The van der Waals surface area contributed by atoms with E-state index < -0.39 is 0 Å². The maximum absolute atomic E-state index is 5.90. The van der Waals surface area contributed by atoms with E-state index in [-0.39, 0.29) is 6.04 Å². The van der Waals surface area contributed by atoms with Gasteiger partial charge in [0.15, 0.2) is 0 Å². The minimum atomic E-state index is 0.0324. The molecule has 1 unspecified atom stereocenters. The summed E-state index contributed by atoms with van der Waals surface area (Å²) in [5.41, 5.74) is 6.83. The van der Waals surface area contributed by atoms with Crippen molar-refractivity contribution in [3.63, 3.8) is 0 Å². The van der Waals surface area contributed by atoms with E-state index in [0.29, 0.717) is 0 Å². The summed E-state index contributed by atoms with van der Waals surface area (Å²) < 4.78 is 5.62. The van der Waals surface area contributed by atoms with E-state index in [1.165, 1.54) is 6.42 Å². The molecule has 17 heavy (non-hydrogen) atoms. The molecular weight excluding hydrogens is 212 g/mol. The second-order valence-corrected chi connectivity index (χ2v) is 4.82. The van der Waals surface area contributed by atoms with Gasteiger partial charge in [0.1, 0.15) is 5.75 Å². The van der Waals surface area contributed by atoms with Gasteiger partial charge < -0.3 is 10.5 Å². The topological polar surface area (TPSA) is 48.1 Å². The molecule has 0 radical (unpaired) electrons. The van der Waals surface area contributed by atoms with Crippen molar-refractivity contribution < 1.29 is 4.74 Å². The van der Waals surface area contributed by atoms with Gasteiger partial charge in [-0.15, -0.1) is 0 Å². The zero-order chi connectivity index (χ0) is 12.7. The van der Waals surface area contributed by atoms with Crippen molar-refractivity contribution in [3.8, 4) is 5.75 Å². The first-order chi connectivity index (χ1) is 8.13. The molecule has 0 fully saturated rings. The molecule has 0 aliphatic heterocycles. The van der Waals surface area contributed by atoms with Crippen molar-refractivity contribution in [3.05, 3.63) is 24.0 Å². The lowest BCUT2D eigenvalue weighted by molar-refractivity contribution is 0.296. The van der Waals surface area contributed by atoms with Crippen LogP contribution in [0.4, 0.5) is 0 Å². The van der Waals surface area contributed by atoms with Crippen LogP contribution in [0.5, 0.6) is 5.75 Å². The molecular formula is C14H24N2O. The predicted octanol–water partition coefficient (Wildman–Crippen LogP) is 3.31. The molecule has 0 spiro atoms. The molecule has 1 aromatic heterocycles. The van der Waals surface area contributed by atoms with Gasteiger partial charge in [-0.1, -0.05) is 20.8 Å². The Bertz CT molecular complexity index is 309. The Balaban J connectivity index is 2.35. The van der Waals surface area contributed by atoms with E-state index in [1.807, 2.05) is 12.1 Å². The molecule has 0 saturated heterocycles. The third-order valence-electron chi connectivity index (χ3n) is 2.77. The molecule has 1 atom stereocenters. The van der Waals surface area contributed by atoms with E-state index in [9.17, 15) is 0 Å². The van der Waals surface area contributed by atoms with Gasteiger partial charge in [-0.25, -0.2) is 0 Å². The first-order valence-electron chi connectivity index (χ1n) is 6.47. The minimum Gasteiger partial charge on any atom is -0.492 e. The van der Waals surface area contributed by atoms with Crippen molar-refractivity contribution in [1.82, 2.24) is 4.98 Å². The average molecular weight is 236 g/mol. The molecule has 0 aromatic carbocycles. The Kier molecular flexibility index (Phi) is 5.98. The van der Waals surface area contributed by atoms with Crippen LogP contribution >= 0.6 is 0 Å². The quantitative estimate of drug-likeness (QED) is 0.739. The van der Waals surface area contributed by atoms with Crippen LogP contribution in [0.25, 0.3) is 0 Å². The van der Waals surface area contributed by atoms with Crippen LogP contribution in [-0.2, 0) is 0 Å². The van der Waals surface area contributed by atoms with Gasteiger partial charge in [0.05, 0.1) is 18.5 Å². The highest BCUT2D eigenvalue weighted by Crippen LogP contribution is 2.15. The van der Waals surface area contributed by atoms with Gasteiger partial charge in [-0.3, -0.25) is 4.98 Å². The number of pyridine rings is 1. The zero-order valence-electron chi connectivity index (χ0n) is 11.1. The molecule has 0 bridgehead atoms. The van der Waals surface area contributed by atoms with Crippen LogP contribution in [0, 0.1) is 5.92 Å². The van der Waals surface area contributed by atoms with Crippen molar-refractivity contribution >= 4 is 0 Å². The second kappa shape index (κ2) is 7.28. The molecule has 1 aromatic rings. The van der Waals surface area contributed by atoms with Crippen LogP contribution in [0.3, 0.4) is 0 Å². The van der Waals surface area contributed by atoms with Crippen molar-refractivity contribution in [2.75, 3.05) is 6.61 Å². The normalized spacial score (nSPS) is 12.8. The smallest absolute Gasteiger partial charge is 0.137 e. The number of rotatable bonds is 7. The fourth-order valence-corrected chi connectivity index (χ4v) is 1.59. The molecule has 3 nitrogen and oxygen atoms in total. The number of nitrogens with two attached hydrogens (primary N) is 1. The Morgan fingerprint density at radius 3 is 2.65 bits per heavy atom. The zero-order valence-corrected chi connectivity index (χ0v) is 11.1. The van der Waals surface area contributed by atoms with Gasteiger partial charge in [-0.2, -0.15) is 0 Å². The molecule has 1 rings (SSSR count). The monoisotopic (exact) mass is 236 g/mol. The van der Waals surface area contributed by atoms with Crippen LogP contribution in [0.2, 0.25) is 0 Å². The van der Waals surface area contributed by atoms with Gasteiger partial charge in [0.2, 0.25) is 0 Å². The van der Waals surface area contributed by atoms with E-state index in [1.54, 1.807) is 6.20 Å². The average Bonchev–Trinajstić information content (AvgIpc) is 2.34. The van der Waals surface area contributed by atoms with Gasteiger partial charge >= 0.3 is 0 Å². The SMILES string of the molecule is CCC(N)c1ccc(OCCCC(C)C)cn1. The predicted molar refractivity (Wildman–Crippen MR) is 71.0 cm³/mol. The van der Waals surface area contributed by atoms with Crippen LogP contribution in [-0.4, -0.2) is 11.6 Å². The van der Waals surface area contributed by atoms with Crippen molar-refractivity contribution in [2.24, 2.45) is 11.7 Å². The third-order valence-corrected chi connectivity index (χ3v) is 2.77. The number of ether oxygens (including phenoxy) is 1. The lowest BCUT2D eigenvalue weighted by atomic mass is 10.1. The molecule has 3 heteroatoms. The Labute approximate surface area is 104 Å². The number of aromatic nitrogens is 1. The number of nitrogens with zero attached hydrogens (tertiary/aromatic N) is 1. The Morgan fingerprint density at radius 2 is 2.12 bits per heavy atom. The summed E-state index contributed by atoms with van der Waals surface area (Å²) in [7, 11) is 0. The van der Waals surface area contributed by atoms with Crippen LogP contribution < -0.4 is 10.5 Å². The molecule has 1 heterocycles. The summed E-state index contributed by atoms with van der Waals surface area (Å²) in [5.74, 6) is 1.57. The van der Waals surface area contributed by atoms with E-state index in [2.05, 4.69) is 25.8 Å². The summed E-state index contributed by atoms with van der Waals surface area (Å²) in [6.07, 6.45) is 4.96. The third kappa shape index (κ3) is 5.18. The Hall–Kier alpha value is -1.09. The van der Waals surface area contributed by atoms with Gasteiger partial charge in [0.25, 0.3) is 0 Å². The maximum Gasteiger partial charge on any atom is 0.137 e. The van der Waals surface area contributed by atoms with Crippen LogP contribution in [0.15, 0.2) is 18.3 Å². The highest BCUT2D eigenvalue weighted by molar-refractivity contribution is 5.21. The van der Waals surface area contributed by atoms with E-state index in [4.69, 9.17) is 10.5 Å². The molecule has 0 aliphatic rings. The summed E-state index contributed by atoms with van der Waals surface area (Å²) >= 11 is 0. The fraction of sp³-hybridized carbons (Fsp3) is 0.643. The molecule has 96 valence electrons. The summed E-state index contributed by atoms with van der Waals surface area (Å²) in [4.78, 5) is 4.31. The number of hydrogen-bond donors (Lipinski definition) is 1. The number of hydrogen-bond acceptors (Lipinski definition) is 3. The van der Waals surface area contributed by atoms with Crippen molar-refractivity contribution in [2.45, 2.75) is 46.1 Å². The minimum absolute atomic E-state index is 0.0324. The lowest BCUT2D eigenvalue weighted by Crippen LogP contribution is -2.10. The molecule has 2 N–H and O–H groups in total. The summed E-state index contributed by atoms with van der Waals surface area (Å²) in [6, 6.07) is 3.93. The first-order valence-corrected chi connectivity index (χ1v) is 6.47. The first kappa shape index (κ1) is 14.0. The largest absolute Gasteiger partial charge is 0.492 e. The molecule has 0 amide bonds. The summed E-state index contributed by atoms with van der Waals surface area (Å²) in [6.45, 7) is 7.27. The van der Waals surface area contributed by atoms with Gasteiger partial charge in [0, 0.05) is 6.04 Å². The highest BCUT2D eigenvalue weighted by Gasteiger charge is 2.04. The standard InChI is InChI=1S/C14H24N2O/c1-4-13(15)14-8-7-12(10-16-14)17-9-5-6-11(2)3/h7-8,10-11,13H,4-6,9,15H2,1-3H3. The second-order valence-electron chi connectivity index (χ2n) is 4.82. The van der Waals surface area contributed by atoms with E-state index >= 15 is 0 Å².